The molecule has 172 valence electrons. The van der Waals surface area contributed by atoms with Crippen molar-refractivity contribution in [2.75, 3.05) is 32.8 Å². The van der Waals surface area contributed by atoms with Crippen LogP contribution >= 0.6 is 0 Å². The van der Waals surface area contributed by atoms with E-state index in [-0.39, 0.29) is 17.9 Å². The number of amides is 2. The predicted molar refractivity (Wildman–Crippen MR) is 122 cm³/mol. The van der Waals surface area contributed by atoms with Gasteiger partial charge in [-0.2, -0.15) is 0 Å². The number of aromatic nitrogens is 4. The first-order valence-electron chi connectivity index (χ1n) is 11.5. The summed E-state index contributed by atoms with van der Waals surface area (Å²) in [7, 11) is 0. The number of nitrogens with one attached hydrogen (secondary N) is 1. The normalized spacial score (nSPS) is 19.2. The number of aryl methyl sites for hydroxylation is 2. The quantitative estimate of drug-likeness (QED) is 0.661. The smallest absolute Gasteiger partial charge is 0.290 e. The zero-order chi connectivity index (χ0) is 22.9. The number of carbonyl (C=O) groups excluding carboxylic acids is 2. The van der Waals surface area contributed by atoms with Gasteiger partial charge in [-0.25, -0.2) is 15.0 Å². The Kier molecular flexibility index (Phi) is 5.80. The van der Waals surface area contributed by atoms with Gasteiger partial charge >= 0.3 is 0 Å². The maximum absolute atomic E-state index is 13.4. The molecule has 2 aliphatic heterocycles. The molecule has 2 saturated heterocycles. The average Bonchev–Trinajstić information content (AvgIpc) is 3.27. The molecule has 3 aromatic rings. The van der Waals surface area contributed by atoms with Crippen LogP contribution < -0.4 is 0 Å². The molecule has 9 nitrogen and oxygen atoms in total. The van der Waals surface area contributed by atoms with Crippen LogP contribution in [0.3, 0.4) is 0 Å². The Morgan fingerprint density at radius 3 is 2.67 bits per heavy atom. The second kappa shape index (κ2) is 8.90. The fourth-order valence-corrected chi connectivity index (χ4v) is 4.60. The lowest BCUT2D eigenvalue weighted by Gasteiger charge is -2.34. The van der Waals surface area contributed by atoms with E-state index in [1.54, 1.807) is 11.1 Å². The van der Waals surface area contributed by atoms with Crippen LogP contribution in [0.25, 0.3) is 11.0 Å². The fraction of sp³-hybridized carbons (Fsp3) is 0.458. The Balaban J connectivity index is 1.40. The van der Waals surface area contributed by atoms with Crippen molar-refractivity contribution in [3.05, 3.63) is 52.9 Å². The van der Waals surface area contributed by atoms with Gasteiger partial charge in [-0.15, -0.1) is 0 Å². The number of fused-ring (bicyclic) bond motifs is 1. The summed E-state index contributed by atoms with van der Waals surface area (Å²) in [5, 5.41) is 0. The van der Waals surface area contributed by atoms with Crippen molar-refractivity contribution in [2.24, 2.45) is 0 Å². The number of benzene rings is 1. The summed E-state index contributed by atoms with van der Waals surface area (Å²) in [6.07, 6.45) is 4.30. The molecule has 0 spiro atoms. The molecule has 5 rings (SSSR count). The molecular weight excluding hydrogens is 420 g/mol. The number of likely N-dealkylation sites (tertiary alicyclic amines) is 1. The van der Waals surface area contributed by atoms with E-state index in [2.05, 4.69) is 19.9 Å². The van der Waals surface area contributed by atoms with E-state index in [4.69, 9.17) is 4.74 Å². The Labute approximate surface area is 192 Å². The summed E-state index contributed by atoms with van der Waals surface area (Å²) >= 11 is 0. The van der Waals surface area contributed by atoms with Gasteiger partial charge in [0.15, 0.2) is 11.6 Å². The molecule has 2 aromatic heterocycles. The van der Waals surface area contributed by atoms with Gasteiger partial charge in [0.25, 0.3) is 11.8 Å². The lowest BCUT2D eigenvalue weighted by molar-refractivity contribution is 0.0301. The first-order chi connectivity index (χ1) is 16.0. The molecule has 0 radical (unpaired) electrons. The summed E-state index contributed by atoms with van der Waals surface area (Å²) < 4.78 is 5.34. The zero-order valence-corrected chi connectivity index (χ0v) is 19.0. The lowest BCUT2D eigenvalue weighted by Crippen LogP contribution is -2.41. The second-order valence-electron chi connectivity index (χ2n) is 8.75. The first kappa shape index (κ1) is 21.5. The van der Waals surface area contributed by atoms with Crippen molar-refractivity contribution in [3.8, 4) is 0 Å². The summed E-state index contributed by atoms with van der Waals surface area (Å²) in [5.74, 6) is 0.684. The van der Waals surface area contributed by atoms with E-state index in [0.29, 0.717) is 55.8 Å². The molecule has 2 fully saturated rings. The minimum absolute atomic E-state index is 0.0727. The van der Waals surface area contributed by atoms with Crippen LogP contribution in [0.1, 0.15) is 63.4 Å². The van der Waals surface area contributed by atoms with Gasteiger partial charge in [0.2, 0.25) is 0 Å². The number of piperidine rings is 1. The van der Waals surface area contributed by atoms with Crippen LogP contribution in [0.4, 0.5) is 0 Å². The number of ether oxygens (including phenoxy) is 1. The number of H-pyrrole nitrogens is 1. The standard InChI is InChI=1S/C24H28N6O3/c1-15-6-7-18-19(13-15)28-22(27-18)24(32)30-8-4-3-5-20(30)21-25-14-17(16(2)26-21)23(31)29-9-11-33-12-10-29/h6-7,13-14,20H,3-5,8-12H2,1-2H3,(H,27,28)/t20-/m1/s1. The van der Waals surface area contributed by atoms with Crippen LogP contribution in [0.5, 0.6) is 0 Å². The number of carbonyl (C=O) groups is 2. The molecule has 2 aliphatic rings. The topological polar surface area (TPSA) is 104 Å². The lowest BCUT2D eigenvalue weighted by atomic mass is 10.0. The summed E-state index contributed by atoms with van der Waals surface area (Å²) in [5.41, 5.74) is 3.87. The van der Waals surface area contributed by atoms with Gasteiger partial charge in [-0.3, -0.25) is 9.59 Å². The first-order valence-corrected chi connectivity index (χ1v) is 11.5. The van der Waals surface area contributed by atoms with Crippen molar-refractivity contribution in [2.45, 2.75) is 39.2 Å². The molecule has 1 N–H and O–H groups in total. The highest BCUT2D eigenvalue weighted by Gasteiger charge is 2.33. The molecular formula is C24H28N6O3. The number of hydrogen-bond donors (Lipinski definition) is 1. The van der Waals surface area contributed by atoms with Crippen LogP contribution in [0.2, 0.25) is 0 Å². The minimum atomic E-state index is -0.243. The van der Waals surface area contributed by atoms with Gasteiger partial charge in [0.1, 0.15) is 0 Å². The monoisotopic (exact) mass is 448 g/mol. The van der Waals surface area contributed by atoms with Crippen molar-refractivity contribution in [1.29, 1.82) is 0 Å². The fourth-order valence-electron chi connectivity index (χ4n) is 4.60. The third kappa shape index (κ3) is 4.20. The van der Waals surface area contributed by atoms with E-state index in [1.165, 1.54) is 0 Å². The highest BCUT2D eigenvalue weighted by molar-refractivity contribution is 5.95. The Morgan fingerprint density at radius 2 is 1.88 bits per heavy atom. The number of hydrogen-bond acceptors (Lipinski definition) is 6. The number of rotatable bonds is 3. The molecule has 0 bridgehead atoms. The van der Waals surface area contributed by atoms with Crippen molar-refractivity contribution in [3.63, 3.8) is 0 Å². The van der Waals surface area contributed by atoms with E-state index in [1.807, 2.05) is 36.9 Å². The second-order valence-corrected chi connectivity index (χ2v) is 8.75. The van der Waals surface area contributed by atoms with E-state index in [9.17, 15) is 9.59 Å². The molecule has 0 saturated carbocycles. The average molecular weight is 449 g/mol. The highest BCUT2D eigenvalue weighted by atomic mass is 16.5. The summed E-state index contributed by atoms with van der Waals surface area (Å²) in [6.45, 7) is 6.69. The van der Waals surface area contributed by atoms with Crippen LogP contribution in [-0.2, 0) is 4.74 Å². The molecule has 1 aromatic carbocycles. The van der Waals surface area contributed by atoms with E-state index < -0.39 is 0 Å². The molecule has 9 heteroatoms. The maximum Gasteiger partial charge on any atom is 0.290 e. The van der Waals surface area contributed by atoms with Gasteiger partial charge in [-0.05, 0) is 50.8 Å². The van der Waals surface area contributed by atoms with Gasteiger partial charge < -0.3 is 19.5 Å². The van der Waals surface area contributed by atoms with Crippen LogP contribution in [-0.4, -0.2) is 74.4 Å². The molecule has 2 amide bonds. The third-order valence-electron chi connectivity index (χ3n) is 6.43. The molecule has 33 heavy (non-hydrogen) atoms. The van der Waals surface area contributed by atoms with Crippen molar-refractivity contribution >= 4 is 22.8 Å². The van der Waals surface area contributed by atoms with Gasteiger partial charge in [0.05, 0.1) is 41.5 Å². The number of aromatic amines is 1. The van der Waals surface area contributed by atoms with Crippen LogP contribution in [0.15, 0.2) is 24.4 Å². The third-order valence-corrected chi connectivity index (χ3v) is 6.43. The Hall–Kier alpha value is -3.33. The summed E-state index contributed by atoms with van der Waals surface area (Å²) in [4.78, 5) is 46.8. The largest absolute Gasteiger partial charge is 0.378 e. The molecule has 0 aliphatic carbocycles. The minimum Gasteiger partial charge on any atom is -0.378 e. The molecule has 0 unspecified atom stereocenters. The SMILES string of the molecule is Cc1ccc2nc(C(=O)N3CCCC[C@@H]3c3ncc(C(=O)N4CCOCC4)c(C)n3)[nH]c2c1. The molecule has 4 heterocycles. The van der Waals surface area contributed by atoms with E-state index >= 15 is 0 Å². The number of nitrogens with zero attached hydrogens (tertiary/aromatic N) is 5. The summed E-state index contributed by atoms with van der Waals surface area (Å²) in [6, 6.07) is 5.65. The van der Waals surface area contributed by atoms with Crippen molar-refractivity contribution < 1.29 is 14.3 Å². The Morgan fingerprint density at radius 1 is 1.06 bits per heavy atom. The number of imidazole rings is 1. The van der Waals surface area contributed by atoms with Crippen LogP contribution in [0, 0.1) is 13.8 Å². The van der Waals surface area contributed by atoms with E-state index in [0.717, 1.165) is 35.9 Å². The van der Waals surface area contributed by atoms with Gasteiger partial charge in [0, 0.05) is 25.8 Å². The Bertz CT molecular complexity index is 1200. The van der Waals surface area contributed by atoms with Gasteiger partial charge in [-0.1, -0.05) is 6.07 Å². The van der Waals surface area contributed by atoms with Crippen molar-refractivity contribution in [1.82, 2.24) is 29.7 Å². The number of morpholine rings is 1. The highest BCUT2D eigenvalue weighted by Crippen LogP contribution is 2.30. The maximum atomic E-state index is 13.4. The molecule has 1 atom stereocenters. The predicted octanol–water partition coefficient (Wildman–Crippen LogP) is 2.81. The zero-order valence-electron chi connectivity index (χ0n) is 19.0.